The molecule has 2 aliphatic rings. The third-order valence-corrected chi connectivity index (χ3v) is 6.19. The molecule has 0 bridgehead atoms. The van der Waals surface area contributed by atoms with Crippen LogP contribution in [0.3, 0.4) is 0 Å². The summed E-state index contributed by atoms with van der Waals surface area (Å²) in [6.45, 7) is 6.44. The van der Waals surface area contributed by atoms with Crippen LogP contribution in [0.25, 0.3) is 0 Å². The Kier molecular flexibility index (Phi) is 4.24. The highest BCUT2D eigenvalue weighted by molar-refractivity contribution is 7.90. The van der Waals surface area contributed by atoms with Crippen molar-refractivity contribution >= 4 is 9.84 Å². The maximum atomic E-state index is 11.3. The minimum atomic E-state index is -2.92. The molecular formula is C14H28N2O3S. The molecule has 2 rings (SSSR count). The van der Waals surface area contributed by atoms with E-state index in [0.29, 0.717) is 12.5 Å². The fraction of sp³-hybridized carbons (Fsp3) is 1.00. The van der Waals surface area contributed by atoms with E-state index < -0.39 is 9.84 Å². The molecule has 5 nitrogen and oxygen atoms in total. The molecule has 1 saturated heterocycles. The van der Waals surface area contributed by atoms with Gasteiger partial charge < -0.3 is 15.4 Å². The van der Waals surface area contributed by atoms with Crippen LogP contribution in [0, 0.1) is 11.3 Å². The number of fused-ring (bicyclic) bond motifs is 1. The quantitative estimate of drug-likeness (QED) is 0.800. The number of nitrogens with zero attached hydrogens (tertiary/aromatic N) is 1. The van der Waals surface area contributed by atoms with E-state index >= 15 is 0 Å². The maximum absolute atomic E-state index is 11.3. The van der Waals surface area contributed by atoms with Crippen LogP contribution in [0.5, 0.6) is 0 Å². The third-order valence-electron chi connectivity index (χ3n) is 5.27. The van der Waals surface area contributed by atoms with Crippen molar-refractivity contribution in [1.82, 2.24) is 4.90 Å². The summed E-state index contributed by atoms with van der Waals surface area (Å²) in [5.41, 5.74) is 6.36. The van der Waals surface area contributed by atoms with Crippen molar-refractivity contribution in [1.29, 1.82) is 0 Å². The van der Waals surface area contributed by atoms with E-state index in [0.717, 1.165) is 26.0 Å². The summed E-state index contributed by atoms with van der Waals surface area (Å²) >= 11 is 0. The standard InChI is InChI=1S/C14H28N2O3S/c1-13(2)12-11(6-5-8-19-12)14(13,15)10-16(3)7-9-20(4,17)18/h11-12H,5-10,15H2,1-4H3. The molecule has 1 aliphatic carbocycles. The molecule has 0 aromatic carbocycles. The molecule has 1 saturated carbocycles. The average molecular weight is 304 g/mol. The Morgan fingerprint density at radius 2 is 2.05 bits per heavy atom. The molecule has 1 heterocycles. The van der Waals surface area contributed by atoms with Crippen LogP contribution in [0.4, 0.5) is 0 Å². The lowest BCUT2D eigenvalue weighted by Crippen LogP contribution is -2.80. The lowest BCUT2D eigenvalue weighted by atomic mass is 9.46. The first-order valence-corrected chi connectivity index (χ1v) is 9.41. The molecule has 6 heteroatoms. The zero-order valence-electron chi connectivity index (χ0n) is 13.1. The SMILES string of the molecule is CN(CCS(C)(=O)=O)CC1(N)C2CCCOC2C1(C)C. The number of sulfone groups is 1. The second kappa shape index (κ2) is 5.23. The Morgan fingerprint density at radius 1 is 1.40 bits per heavy atom. The Bertz CT molecular complexity index is 463. The van der Waals surface area contributed by atoms with Gasteiger partial charge in [0.1, 0.15) is 9.84 Å². The zero-order chi connectivity index (χ0) is 15.2. The van der Waals surface area contributed by atoms with E-state index in [2.05, 4.69) is 13.8 Å². The Hall–Kier alpha value is -0.170. The topological polar surface area (TPSA) is 72.6 Å². The fourth-order valence-electron chi connectivity index (χ4n) is 3.83. The molecule has 0 amide bonds. The minimum absolute atomic E-state index is 0.0581. The van der Waals surface area contributed by atoms with Crippen molar-refractivity contribution in [2.75, 3.05) is 38.8 Å². The number of rotatable bonds is 5. The first-order valence-electron chi connectivity index (χ1n) is 7.35. The Morgan fingerprint density at radius 3 is 2.65 bits per heavy atom. The average Bonchev–Trinajstić information content (AvgIpc) is 2.35. The summed E-state index contributed by atoms with van der Waals surface area (Å²) in [6, 6.07) is 0. The molecule has 20 heavy (non-hydrogen) atoms. The van der Waals surface area contributed by atoms with Gasteiger partial charge in [-0.3, -0.25) is 0 Å². The van der Waals surface area contributed by atoms with Gasteiger partial charge in [0.15, 0.2) is 0 Å². The van der Waals surface area contributed by atoms with Gasteiger partial charge in [0, 0.05) is 42.8 Å². The number of hydrogen-bond acceptors (Lipinski definition) is 5. The van der Waals surface area contributed by atoms with E-state index in [1.165, 1.54) is 6.26 Å². The summed E-state index contributed by atoms with van der Waals surface area (Å²) in [4.78, 5) is 2.05. The van der Waals surface area contributed by atoms with Gasteiger partial charge in [-0.05, 0) is 19.9 Å². The smallest absolute Gasteiger partial charge is 0.148 e. The van der Waals surface area contributed by atoms with Crippen LogP contribution >= 0.6 is 0 Å². The summed E-state index contributed by atoms with van der Waals surface area (Å²) in [7, 11) is -0.971. The first kappa shape index (κ1) is 16.2. The molecule has 0 aromatic heterocycles. The molecule has 0 spiro atoms. The van der Waals surface area contributed by atoms with Gasteiger partial charge in [-0.1, -0.05) is 13.8 Å². The lowest BCUT2D eigenvalue weighted by molar-refractivity contribution is -0.231. The highest BCUT2D eigenvalue weighted by Crippen LogP contribution is 2.57. The summed E-state index contributed by atoms with van der Waals surface area (Å²) < 4.78 is 28.4. The van der Waals surface area contributed by atoms with Crippen molar-refractivity contribution in [3.63, 3.8) is 0 Å². The van der Waals surface area contributed by atoms with Crippen LogP contribution in [0.15, 0.2) is 0 Å². The summed E-state index contributed by atoms with van der Waals surface area (Å²) in [5, 5.41) is 0. The van der Waals surface area contributed by atoms with Crippen molar-refractivity contribution < 1.29 is 13.2 Å². The predicted octanol–water partition coefficient (Wildman–Crippen LogP) is 0.495. The molecule has 0 aromatic rings. The molecular weight excluding hydrogens is 276 g/mol. The highest BCUT2D eigenvalue weighted by Gasteiger charge is 2.66. The van der Waals surface area contributed by atoms with Crippen LogP contribution in [-0.4, -0.2) is 63.7 Å². The third kappa shape index (κ3) is 2.75. The monoisotopic (exact) mass is 304 g/mol. The first-order chi connectivity index (χ1) is 9.08. The van der Waals surface area contributed by atoms with Gasteiger partial charge in [-0.15, -0.1) is 0 Å². The van der Waals surface area contributed by atoms with E-state index in [-0.39, 0.29) is 22.8 Å². The van der Waals surface area contributed by atoms with E-state index in [4.69, 9.17) is 10.5 Å². The van der Waals surface area contributed by atoms with E-state index in [1.807, 2.05) is 11.9 Å². The Labute approximate surface area is 122 Å². The minimum Gasteiger partial charge on any atom is -0.377 e. The predicted molar refractivity (Wildman–Crippen MR) is 80.4 cm³/mol. The Balaban J connectivity index is 2.00. The van der Waals surface area contributed by atoms with E-state index in [1.54, 1.807) is 0 Å². The van der Waals surface area contributed by atoms with Gasteiger partial charge in [-0.2, -0.15) is 0 Å². The van der Waals surface area contributed by atoms with Gasteiger partial charge >= 0.3 is 0 Å². The molecule has 2 fully saturated rings. The zero-order valence-corrected chi connectivity index (χ0v) is 13.9. The van der Waals surface area contributed by atoms with Crippen molar-refractivity contribution in [2.45, 2.75) is 38.3 Å². The molecule has 0 radical (unpaired) electrons. The second-order valence-corrected chi connectivity index (χ2v) is 9.43. The lowest BCUT2D eigenvalue weighted by Gasteiger charge is -2.67. The van der Waals surface area contributed by atoms with Gasteiger partial charge in [0.25, 0.3) is 0 Å². The summed E-state index contributed by atoms with van der Waals surface area (Å²) in [6.07, 6.45) is 3.72. The largest absolute Gasteiger partial charge is 0.377 e. The number of nitrogens with two attached hydrogens (primary N) is 1. The number of likely N-dealkylation sites (N-methyl/N-ethyl adjacent to an activating group) is 1. The van der Waals surface area contributed by atoms with Gasteiger partial charge in [-0.25, -0.2) is 8.42 Å². The maximum Gasteiger partial charge on any atom is 0.148 e. The number of ether oxygens (including phenoxy) is 1. The van der Waals surface area contributed by atoms with Gasteiger partial charge in [0.2, 0.25) is 0 Å². The van der Waals surface area contributed by atoms with Crippen molar-refractivity contribution in [3.8, 4) is 0 Å². The molecule has 1 aliphatic heterocycles. The molecule has 3 atom stereocenters. The van der Waals surface area contributed by atoms with Crippen molar-refractivity contribution in [3.05, 3.63) is 0 Å². The van der Waals surface area contributed by atoms with Crippen LogP contribution in [0.1, 0.15) is 26.7 Å². The second-order valence-electron chi connectivity index (χ2n) is 7.17. The van der Waals surface area contributed by atoms with Crippen molar-refractivity contribution in [2.24, 2.45) is 17.1 Å². The van der Waals surface area contributed by atoms with Gasteiger partial charge in [0.05, 0.1) is 11.9 Å². The normalized spacial score (nSPS) is 36.5. The van der Waals surface area contributed by atoms with Crippen LogP contribution < -0.4 is 5.73 Å². The molecule has 3 unspecified atom stereocenters. The van der Waals surface area contributed by atoms with E-state index in [9.17, 15) is 8.42 Å². The van der Waals surface area contributed by atoms with Crippen LogP contribution in [-0.2, 0) is 14.6 Å². The molecule has 2 N–H and O–H groups in total. The summed E-state index contributed by atoms with van der Waals surface area (Å²) in [5.74, 6) is 0.580. The highest BCUT2D eigenvalue weighted by atomic mass is 32.2. The molecule has 118 valence electrons. The van der Waals surface area contributed by atoms with Crippen LogP contribution in [0.2, 0.25) is 0 Å². The number of hydrogen-bond donors (Lipinski definition) is 1. The fourth-order valence-corrected chi connectivity index (χ4v) is 4.48.